The van der Waals surface area contributed by atoms with Crippen LogP contribution in [0.3, 0.4) is 0 Å². The van der Waals surface area contributed by atoms with Crippen molar-refractivity contribution in [3.05, 3.63) is 0 Å². The molecule has 1 fully saturated rings. The van der Waals surface area contributed by atoms with Crippen LogP contribution in [-0.4, -0.2) is 23.8 Å². The van der Waals surface area contributed by atoms with Crippen molar-refractivity contribution in [2.45, 2.75) is 39.7 Å². The third-order valence-electron chi connectivity index (χ3n) is 3.33. The van der Waals surface area contributed by atoms with Gasteiger partial charge in [0.15, 0.2) is 0 Å². The first-order chi connectivity index (χ1) is 5.94. The van der Waals surface area contributed by atoms with Gasteiger partial charge in [0, 0.05) is 6.61 Å². The van der Waals surface area contributed by atoms with Crippen molar-refractivity contribution >= 4 is 5.97 Å². The third-order valence-corrected chi connectivity index (χ3v) is 3.33. The molecule has 13 heavy (non-hydrogen) atoms. The molecule has 76 valence electrons. The van der Waals surface area contributed by atoms with Crippen LogP contribution in [0.5, 0.6) is 0 Å². The van der Waals surface area contributed by atoms with E-state index in [1.165, 1.54) is 0 Å². The van der Waals surface area contributed by atoms with E-state index in [4.69, 9.17) is 9.84 Å². The number of carboxylic acids is 1. The summed E-state index contributed by atoms with van der Waals surface area (Å²) in [6.45, 7) is 7.04. The summed E-state index contributed by atoms with van der Waals surface area (Å²) in [7, 11) is 0. The van der Waals surface area contributed by atoms with Crippen LogP contribution in [0.2, 0.25) is 0 Å². The second kappa shape index (κ2) is 3.66. The fraction of sp³-hybridized carbons (Fsp3) is 0.900. The number of aliphatic carboxylic acids is 1. The molecule has 0 saturated carbocycles. The lowest BCUT2D eigenvalue weighted by atomic mass is 9.71. The smallest absolute Gasteiger partial charge is 0.306 e. The number of hydrogen-bond donors (Lipinski definition) is 1. The molecule has 2 atom stereocenters. The summed E-state index contributed by atoms with van der Waals surface area (Å²) in [6, 6.07) is 0. The van der Waals surface area contributed by atoms with Crippen LogP contribution in [0.25, 0.3) is 0 Å². The maximum atomic E-state index is 10.6. The van der Waals surface area contributed by atoms with Gasteiger partial charge in [-0.3, -0.25) is 4.79 Å². The summed E-state index contributed by atoms with van der Waals surface area (Å²) in [4.78, 5) is 10.6. The van der Waals surface area contributed by atoms with Crippen LogP contribution >= 0.6 is 0 Å². The lowest BCUT2D eigenvalue weighted by molar-refractivity contribution is -0.150. The Bertz CT molecular complexity index is 198. The van der Waals surface area contributed by atoms with E-state index in [0.29, 0.717) is 12.5 Å². The SMILES string of the molecule is CC1CCOC(CC(=O)O)C1(C)C. The lowest BCUT2D eigenvalue weighted by Gasteiger charge is -2.42. The van der Waals surface area contributed by atoms with Gasteiger partial charge in [-0.05, 0) is 17.8 Å². The van der Waals surface area contributed by atoms with E-state index in [1.807, 2.05) is 0 Å². The van der Waals surface area contributed by atoms with Crippen LogP contribution in [-0.2, 0) is 9.53 Å². The minimum absolute atomic E-state index is 0.0172. The van der Waals surface area contributed by atoms with E-state index in [-0.39, 0.29) is 17.9 Å². The van der Waals surface area contributed by atoms with E-state index in [1.54, 1.807) is 0 Å². The highest BCUT2D eigenvalue weighted by Gasteiger charge is 2.39. The Morgan fingerprint density at radius 2 is 2.23 bits per heavy atom. The van der Waals surface area contributed by atoms with Crippen molar-refractivity contribution in [2.24, 2.45) is 11.3 Å². The molecule has 0 aromatic rings. The molecule has 0 amide bonds. The maximum absolute atomic E-state index is 10.6. The van der Waals surface area contributed by atoms with Crippen LogP contribution < -0.4 is 0 Å². The monoisotopic (exact) mass is 186 g/mol. The zero-order valence-corrected chi connectivity index (χ0v) is 8.54. The standard InChI is InChI=1S/C10H18O3/c1-7-4-5-13-8(6-9(11)12)10(7,2)3/h7-8H,4-6H2,1-3H3,(H,11,12). The van der Waals surface area contributed by atoms with Gasteiger partial charge < -0.3 is 9.84 Å². The van der Waals surface area contributed by atoms with Gasteiger partial charge in [0.05, 0.1) is 12.5 Å². The maximum Gasteiger partial charge on any atom is 0.306 e. The van der Waals surface area contributed by atoms with Crippen molar-refractivity contribution < 1.29 is 14.6 Å². The van der Waals surface area contributed by atoms with Gasteiger partial charge in [-0.25, -0.2) is 0 Å². The molecular weight excluding hydrogens is 168 g/mol. The zero-order valence-electron chi connectivity index (χ0n) is 8.54. The molecule has 0 aromatic heterocycles. The predicted molar refractivity (Wildman–Crippen MR) is 49.6 cm³/mol. The van der Waals surface area contributed by atoms with E-state index in [0.717, 1.165) is 6.42 Å². The molecule has 1 saturated heterocycles. The number of ether oxygens (including phenoxy) is 1. The van der Waals surface area contributed by atoms with Crippen LogP contribution in [0.15, 0.2) is 0 Å². The Kier molecular flexibility index (Phi) is 2.96. The second-order valence-electron chi connectivity index (χ2n) is 4.47. The predicted octanol–water partition coefficient (Wildman–Crippen LogP) is 1.91. The van der Waals surface area contributed by atoms with Gasteiger partial charge in [-0.2, -0.15) is 0 Å². The topological polar surface area (TPSA) is 46.5 Å². The Morgan fingerprint density at radius 1 is 1.62 bits per heavy atom. The molecule has 0 aromatic carbocycles. The lowest BCUT2D eigenvalue weighted by Crippen LogP contribution is -2.43. The minimum atomic E-state index is -0.771. The zero-order chi connectivity index (χ0) is 10.1. The van der Waals surface area contributed by atoms with Gasteiger partial charge in [0.25, 0.3) is 0 Å². The fourth-order valence-corrected chi connectivity index (χ4v) is 1.77. The Hall–Kier alpha value is -0.570. The van der Waals surface area contributed by atoms with Gasteiger partial charge in [0.1, 0.15) is 0 Å². The molecule has 0 spiro atoms. The van der Waals surface area contributed by atoms with E-state index in [9.17, 15) is 4.79 Å². The van der Waals surface area contributed by atoms with Gasteiger partial charge in [-0.15, -0.1) is 0 Å². The number of carboxylic acid groups (broad SMARTS) is 1. The van der Waals surface area contributed by atoms with Crippen LogP contribution in [0.4, 0.5) is 0 Å². The van der Waals surface area contributed by atoms with Crippen LogP contribution in [0, 0.1) is 11.3 Å². The number of rotatable bonds is 2. The fourth-order valence-electron chi connectivity index (χ4n) is 1.77. The Labute approximate surface area is 79.1 Å². The summed E-state index contributed by atoms with van der Waals surface area (Å²) in [6.07, 6.45) is 1.02. The molecular formula is C10H18O3. The van der Waals surface area contributed by atoms with Crippen molar-refractivity contribution in [1.82, 2.24) is 0 Å². The molecule has 3 heteroatoms. The van der Waals surface area contributed by atoms with Gasteiger partial charge in [0.2, 0.25) is 0 Å². The molecule has 1 heterocycles. The number of carbonyl (C=O) groups is 1. The molecule has 1 aliphatic rings. The summed E-state index contributed by atoms with van der Waals surface area (Å²) >= 11 is 0. The van der Waals surface area contributed by atoms with E-state index in [2.05, 4.69) is 20.8 Å². The Balaban J connectivity index is 2.66. The second-order valence-corrected chi connectivity index (χ2v) is 4.47. The van der Waals surface area contributed by atoms with Crippen molar-refractivity contribution in [2.75, 3.05) is 6.61 Å². The molecule has 2 unspecified atom stereocenters. The average Bonchev–Trinajstić information content (AvgIpc) is 1.99. The largest absolute Gasteiger partial charge is 0.481 e. The summed E-state index contributed by atoms with van der Waals surface area (Å²) in [5.74, 6) is -0.238. The third kappa shape index (κ3) is 2.21. The van der Waals surface area contributed by atoms with Gasteiger partial charge in [-0.1, -0.05) is 20.8 Å². The quantitative estimate of drug-likeness (QED) is 0.716. The van der Waals surface area contributed by atoms with Crippen molar-refractivity contribution in [3.63, 3.8) is 0 Å². The van der Waals surface area contributed by atoms with E-state index < -0.39 is 5.97 Å². The highest BCUT2D eigenvalue weighted by Crippen LogP contribution is 2.39. The minimum Gasteiger partial charge on any atom is -0.481 e. The molecule has 3 nitrogen and oxygen atoms in total. The molecule has 0 radical (unpaired) electrons. The molecule has 1 N–H and O–H groups in total. The number of hydrogen-bond acceptors (Lipinski definition) is 2. The molecule has 1 rings (SSSR count). The van der Waals surface area contributed by atoms with E-state index >= 15 is 0 Å². The summed E-state index contributed by atoms with van der Waals surface area (Å²) < 4.78 is 5.49. The molecule has 0 bridgehead atoms. The van der Waals surface area contributed by atoms with Crippen LogP contribution in [0.1, 0.15) is 33.6 Å². The first-order valence-corrected chi connectivity index (χ1v) is 4.78. The van der Waals surface area contributed by atoms with Crippen molar-refractivity contribution in [3.8, 4) is 0 Å². The first-order valence-electron chi connectivity index (χ1n) is 4.78. The normalized spacial score (nSPS) is 32.8. The first kappa shape index (κ1) is 10.5. The highest BCUT2D eigenvalue weighted by molar-refractivity contribution is 5.67. The Morgan fingerprint density at radius 3 is 2.77 bits per heavy atom. The van der Waals surface area contributed by atoms with Crippen molar-refractivity contribution in [1.29, 1.82) is 0 Å². The summed E-state index contributed by atoms with van der Waals surface area (Å²) in [5.41, 5.74) is -0.0172. The van der Waals surface area contributed by atoms with Gasteiger partial charge >= 0.3 is 5.97 Å². The average molecular weight is 186 g/mol. The highest BCUT2D eigenvalue weighted by atomic mass is 16.5. The summed E-state index contributed by atoms with van der Waals surface area (Å²) in [5, 5.41) is 8.70. The molecule has 0 aliphatic carbocycles. The molecule has 1 aliphatic heterocycles.